The number of ether oxygens (including phenoxy) is 2. The standard InChI is InChI=1S/C13H17FN2O2.2C2HF3O2/c14-11-2-1-5-16-12(11)18-10-8-13(17-9-10)3-6-15-7-4-13;2*3-2(4,5)1(6)7/h1-2,5,10,15H,3-4,6-9H2;2*(H,6,7). The summed E-state index contributed by atoms with van der Waals surface area (Å²) >= 11 is 0. The minimum absolute atomic E-state index is 0.0683. The second kappa shape index (κ2) is 11.3. The van der Waals surface area contributed by atoms with Crippen molar-refractivity contribution in [3.8, 4) is 5.88 Å². The van der Waals surface area contributed by atoms with Crippen LogP contribution in [0, 0.1) is 5.82 Å². The molecule has 3 rings (SSSR count). The van der Waals surface area contributed by atoms with E-state index in [1.165, 1.54) is 12.3 Å². The number of piperidine rings is 1. The third-order valence-corrected chi connectivity index (χ3v) is 4.18. The number of aliphatic carboxylic acids is 2. The molecule has 182 valence electrons. The Labute approximate surface area is 176 Å². The fourth-order valence-corrected chi connectivity index (χ4v) is 2.72. The molecule has 1 aromatic heterocycles. The van der Waals surface area contributed by atoms with Crippen LogP contribution in [0.2, 0.25) is 0 Å². The lowest BCUT2D eigenvalue weighted by atomic mass is 9.89. The molecule has 2 fully saturated rings. The van der Waals surface area contributed by atoms with Crippen molar-refractivity contribution in [3.63, 3.8) is 0 Å². The molecule has 15 heteroatoms. The molecule has 2 saturated heterocycles. The smallest absolute Gasteiger partial charge is 0.475 e. The topological polar surface area (TPSA) is 118 Å². The molecule has 1 atom stereocenters. The van der Waals surface area contributed by atoms with E-state index < -0.39 is 30.1 Å². The van der Waals surface area contributed by atoms with E-state index in [9.17, 15) is 30.7 Å². The maximum Gasteiger partial charge on any atom is 0.490 e. The average molecular weight is 480 g/mol. The van der Waals surface area contributed by atoms with E-state index in [0.29, 0.717) is 6.61 Å². The Morgan fingerprint density at radius 1 is 1.09 bits per heavy atom. The summed E-state index contributed by atoms with van der Waals surface area (Å²) in [5.41, 5.74) is -0.0683. The van der Waals surface area contributed by atoms with Crippen molar-refractivity contribution in [2.24, 2.45) is 0 Å². The maximum atomic E-state index is 13.4. The Bertz CT molecular complexity index is 742. The fourth-order valence-electron chi connectivity index (χ4n) is 2.72. The van der Waals surface area contributed by atoms with Crippen molar-refractivity contribution < 1.29 is 60.0 Å². The number of nitrogens with zero attached hydrogens (tertiary/aromatic N) is 1. The van der Waals surface area contributed by atoms with Gasteiger partial charge < -0.3 is 25.0 Å². The molecule has 2 aliphatic rings. The Morgan fingerprint density at radius 2 is 1.59 bits per heavy atom. The molecule has 1 unspecified atom stereocenters. The number of rotatable bonds is 2. The molecule has 2 aliphatic heterocycles. The monoisotopic (exact) mass is 480 g/mol. The van der Waals surface area contributed by atoms with Gasteiger partial charge in [0.1, 0.15) is 6.10 Å². The van der Waals surface area contributed by atoms with Gasteiger partial charge in [-0.3, -0.25) is 0 Å². The number of carboxylic acids is 2. The minimum atomic E-state index is -5.08. The highest BCUT2D eigenvalue weighted by atomic mass is 19.4. The van der Waals surface area contributed by atoms with Crippen LogP contribution in [0.3, 0.4) is 0 Å². The molecule has 0 aliphatic carbocycles. The number of halogens is 7. The lowest BCUT2D eigenvalue weighted by Crippen LogP contribution is -2.41. The van der Waals surface area contributed by atoms with Gasteiger partial charge in [-0.05, 0) is 38.1 Å². The van der Waals surface area contributed by atoms with Crippen LogP contribution in [-0.2, 0) is 14.3 Å². The summed E-state index contributed by atoms with van der Waals surface area (Å²) in [6.07, 6.45) is -5.90. The quantitative estimate of drug-likeness (QED) is 0.554. The Hall–Kier alpha value is -2.68. The molecule has 0 amide bonds. The van der Waals surface area contributed by atoms with E-state index in [4.69, 9.17) is 29.3 Å². The van der Waals surface area contributed by atoms with Gasteiger partial charge in [-0.15, -0.1) is 0 Å². The van der Waals surface area contributed by atoms with Gasteiger partial charge in [-0.1, -0.05) is 0 Å². The van der Waals surface area contributed by atoms with Gasteiger partial charge in [0, 0.05) is 12.6 Å². The van der Waals surface area contributed by atoms with Gasteiger partial charge in [-0.25, -0.2) is 19.0 Å². The lowest BCUT2D eigenvalue weighted by molar-refractivity contribution is -0.193. The highest BCUT2D eigenvalue weighted by molar-refractivity contribution is 5.73. The number of carbonyl (C=O) groups is 2. The number of hydrogen-bond acceptors (Lipinski definition) is 6. The first-order valence-corrected chi connectivity index (χ1v) is 8.88. The molecule has 3 heterocycles. The van der Waals surface area contributed by atoms with Crippen LogP contribution >= 0.6 is 0 Å². The fraction of sp³-hybridized carbons (Fsp3) is 0.588. The summed E-state index contributed by atoms with van der Waals surface area (Å²) in [4.78, 5) is 21.7. The molecule has 0 saturated carbocycles. The number of hydrogen-bond donors (Lipinski definition) is 3. The first-order valence-electron chi connectivity index (χ1n) is 8.88. The van der Waals surface area contributed by atoms with Gasteiger partial charge in [0.2, 0.25) is 0 Å². The van der Waals surface area contributed by atoms with Gasteiger partial charge in [-0.2, -0.15) is 26.3 Å². The highest BCUT2D eigenvalue weighted by Crippen LogP contribution is 2.35. The van der Waals surface area contributed by atoms with Crippen molar-refractivity contribution in [2.45, 2.75) is 43.3 Å². The second-order valence-electron chi connectivity index (χ2n) is 6.58. The Kier molecular flexibility index (Phi) is 9.63. The van der Waals surface area contributed by atoms with Crippen molar-refractivity contribution in [1.82, 2.24) is 10.3 Å². The van der Waals surface area contributed by atoms with Crippen LogP contribution in [0.25, 0.3) is 0 Å². The van der Waals surface area contributed by atoms with Crippen molar-refractivity contribution in [3.05, 3.63) is 24.1 Å². The molecule has 0 aromatic carbocycles. The number of pyridine rings is 1. The predicted molar refractivity (Wildman–Crippen MR) is 91.4 cm³/mol. The third kappa shape index (κ3) is 9.21. The number of carboxylic acid groups (broad SMARTS) is 2. The molecular weight excluding hydrogens is 461 g/mol. The van der Waals surface area contributed by atoms with Crippen molar-refractivity contribution in [1.29, 1.82) is 0 Å². The van der Waals surface area contributed by atoms with Crippen LogP contribution in [-0.4, -0.2) is 70.9 Å². The molecule has 1 spiro atoms. The van der Waals surface area contributed by atoms with E-state index >= 15 is 0 Å². The minimum Gasteiger partial charge on any atom is -0.475 e. The van der Waals surface area contributed by atoms with E-state index in [1.807, 2.05) is 0 Å². The summed E-state index contributed by atoms with van der Waals surface area (Å²) in [6, 6.07) is 2.92. The van der Waals surface area contributed by atoms with Gasteiger partial charge in [0.15, 0.2) is 5.82 Å². The average Bonchev–Trinajstić information content (AvgIpc) is 3.05. The molecular formula is C17H19F7N2O6. The zero-order chi connectivity index (χ0) is 24.6. The molecule has 0 radical (unpaired) electrons. The number of nitrogens with one attached hydrogen (secondary N) is 1. The molecule has 8 nitrogen and oxygen atoms in total. The van der Waals surface area contributed by atoms with E-state index in [0.717, 1.165) is 32.4 Å². The second-order valence-corrected chi connectivity index (χ2v) is 6.58. The van der Waals surface area contributed by atoms with Crippen LogP contribution in [0.1, 0.15) is 19.3 Å². The summed E-state index contributed by atoms with van der Waals surface area (Å²) in [5, 5.41) is 17.6. The SMILES string of the molecule is Fc1cccnc1OC1COC2(CCNCC2)C1.O=C(O)C(F)(F)F.O=C(O)C(F)(F)F. The zero-order valence-electron chi connectivity index (χ0n) is 16.2. The van der Waals surface area contributed by atoms with Crippen molar-refractivity contribution in [2.75, 3.05) is 19.7 Å². The summed E-state index contributed by atoms with van der Waals surface area (Å²) < 4.78 is 88.4. The highest BCUT2D eigenvalue weighted by Gasteiger charge is 2.42. The summed E-state index contributed by atoms with van der Waals surface area (Å²) in [6.45, 7) is 2.48. The third-order valence-electron chi connectivity index (χ3n) is 4.18. The lowest BCUT2D eigenvalue weighted by Gasteiger charge is -2.32. The molecule has 32 heavy (non-hydrogen) atoms. The number of aromatic nitrogens is 1. The summed E-state index contributed by atoms with van der Waals surface area (Å²) in [7, 11) is 0. The van der Waals surface area contributed by atoms with Crippen LogP contribution < -0.4 is 10.1 Å². The largest absolute Gasteiger partial charge is 0.490 e. The Balaban J connectivity index is 0.000000305. The first-order chi connectivity index (χ1) is 14.7. The van der Waals surface area contributed by atoms with Crippen LogP contribution in [0.5, 0.6) is 5.88 Å². The van der Waals surface area contributed by atoms with Gasteiger partial charge in [0.25, 0.3) is 5.88 Å². The Morgan fingerprint density at radius 3 is 2.03 bits per heavy atom. The van der Waals surface area contributed by atoms with Crippen molar-refractivity contribution >= 4 is 11.9 Å². The summed E-state index contributed by atoms with van der Waals surface area (Å²) in [5.74, 6) is -5.85. The van der Waals surface area contributed by atoms with Gasteiger partial charge in [0.05, 0.1) is 12.2 Å². The van der Waals surface area contributed by atoms with E-state index in [2.05, 4.69) is 10.3 Å². The number of alkyl halides is 6. The van der Waals surface area contributed by atoms with Crippen LogP contribution in [0.4, 0.5) is 30.7 Å². The zero-order valence-corrected chi connectivity index (χ0v) is 16.2. The van der Waals surface area contributed by atoms with Crippen LogP contribution in [0.15, 0.2) is 18.3 Å². The molecule has 0 bridgehead atoms. The van der Waals surface area contributed by atoms with Gasteiger partial charge >= 0.3 is 24.3 Å². The molecule has 1 aromatic rings. The van der Waals surface area contributed by atoms with E-state index in [1.54, 1.807) is 6.07 Å². The normalized spacial score (nSPS) is 19.8. The van der Waals surface area contributed by atoms with E-state index in [-0.39, 0.29) is 17.6 Å². The molecule has 3 N–H and O–H groups in total. The maximum absolute atomic E-state index is 13.4. The first kappa shape index (κ1) is 27.4. The predicted octanol–water partition coefficient (Wildman–Crippen LogP) is 2.78.